The highest BCUT2D eigenvalue weighted by atomic mass is 35.5. The first-order valence-corrected chi connectivity index (χ1v) is 9.01. The van der Waals surface area contributed by atoms with Crippen molar-refractivity contribution in [2.24, 2.45) is 0 Å². The normalized spacial score (nSPS) is 10.4. The molecule has 132 valence electrons. The fourth-order valence-corrected chi connectivity index (χ4v) is 2.86. The van der Waals surface area contributed by atoms with Gasteiger partial charge in [0.2, 0.25) is 0 Å². The topological polar surface area (TPSA) is 55.4 Å². The van der Waals surface area contributed by atoms with E-state index in [4.69, 9.17) is 16.3 Å². The summed E-state index contributed by atoms with van der Waals surface area (Å²) in [5, 5.41) is 2.60. The van der Waals surface area contributed by atoms with Gasteiger partial charge in [0, 0.05) is 10.8 Å². The minimum atomic E-state index is -0.627. The van der Waals surface area contributed by atoms with Crippen LogP contribution in [0.5, 0.6) is 0 Å². The van der Waals surface area contributed by atoms with Gasteiger partial charge in [-0.25, -0.2) is 4.39 Å². The lowest BCUT2D eigenvalue weighted by atomic mass is 10.2. The van der Waals surface area contributed by atoms with Gasteiger partial charge in [0.05, 0.1) is 11.4 Å². The van der Waals surface area contributed by atoms with Crippen LogP contribution in [0, 0.1) is 12.7 Å². The van der Waals surface area contributed by atoms with Crippen LogP contribution in [0.25, 0.3) is 0 Å². The van der Waals surface area contributed by atoms with Gasteiger partial charge in [0.25, 0.3) is 5.91 Å². The third-order valence-corrected chi connectivity index (χ3v) is 4.39. The maximum Gasteiger partial charge on any atom is 0.316 e. The lowest BCUT2D eigenvalue weighted by Gasteiger charge is -2.08. The van der Waals surface area contributed by atoms with Crippen LogP contribution in [-0.4, -0.2) is 24.2 Å². The highest BCUT2D eigenvalue weighted by molar-refractivity contribution is 7.99. The van der Waals surface area contributed by atoms with E-state index in [0.717, 1.165) is 11.6 Å². The fraction of sp³-hybridized carbons (Fsp3) is 0.222. The second kappa shape index (κ2) is 9.44. The Labute approximate surface area is 154 Å². The van der Waals surface area contributed by atoms with Crippen molar-refractivity contribution in [1.82, 2.24) is 0 Å². The molecule has 2 rings (SSSR count). The van der Waals surface area contributed by atoms with Crippen LogP contribution in [0.2, 0.25) is 5.02 Å². The first-order chi connectivity index (χ1) is 11.9. The summed E-state index contributed by atoms with van der Waals surface area (Å²) < 4.78 is 18.4. The number of anilines is 1. The second-order valence-corrected chi connectivity index (χ2v) is 6.73. The number of benzene rings is 2. The zero-order chi connectivity index (χ0) is 18.2. The lowest BCUT2D eigenvalue weighted by Crippen LogP contribution is -2.22. The summed E-state index contributed by atoms with van der Waals surface area (Å²) in [6, 6.07) is 11.8. The van der Waals surface area contributed by atoms with E-state index in [2.05, 4.69) is 5.32 Å². The SMILES string of the molecule is Cc1ccc(CSCC(=O)OCC(=O)Nc2cc(Cl)ccc2F)cc1. The number of thioether (sulfide) groups is 1. The van der Waals surface area contributed by atoms with E-state index < -0.39 is 24.3 Å². The Morgan fingerprint density at radius 1 is 1.20 bits per heavy atom. The quantitative estimate of drug-likeness (QED) is 0.730. The molecule has 7 heteroatoms. The van der Waals surface area contributed by atoms with Crippen LogP contribution in [-0.2, 0) is 20.1 Å². The fourth-order valence-electron chi connectivity index (χ4n) is 1.90. The summed E-state index contributed by atoms with van der Waals surface area (Å²) in [4.78, 5) is 23.3. The van der Waals surface area contributed by atoms with Crippen molar-refractivity contribution in [3.8, 4) is 0 Å². The highest BCUT2D eigenvalue weighted by Gasteiger charge is 2.11. The molecule has 0 atom stereocenters. The molecule has 0 aliphatic heterocycles. The summed E-state index contributed by atoms with van der Waals surface area (Å²) >= 11 is 7.13. The lowest BCUT2D eigenvalue weighted by molar-refractivity contribution is -0.144. The van der Waals surface area contributed by atoms with Crippen LogP contribution < -0.4 is 5.32 Å². The number of aryl methyl sites for hydroxylation is 1. The Morgan fingerprint density at radius 2 is 1.92 bits per heavy atom. The number of hydrogen-bond donors (Lipinski definition) is 1. The molecule has 0 radical (unpaired) electrons. The molecular weight excluding hydrogens is 365 g/mol. The molecule has 0 fully saturated rings. The van der Waals surface area contributed by atoms with Crippen molar-refractivity contribution in [3.63, 3.8) is 0 Å². The van der Waals surface area contributed by atoms with E-state index in [1.54, 1.807) is 0 Å². The van der Waals surface area contributed by atoms with Crippen molar-refractivity contribution in [2.75, 3.05) is 17.7 Å². The molecule has 25 heavy (non-hydrogen) atoms. The summed E-state index contributed by atoms with van der Waals surface area (Å²) in [5.74, 6) is -0.934. The third kappa shape index (κ3) is 6.76. The number of rotatable bonds is 7. The minimum absolute atomic E-state index is 0.0534. The predicted molar refractivity (Wildman–Crippen MR) is 98.3 cm³/mol. The van der Waals surface area contributed by atoms with Gasteiger partial charge in [-0.1, -0.05) is 41.4 Å². The van der Waals surface area contributed by atoms with Crippen molar-refractivity contribution in [3.05, 3.63) is 64.4 Å². The number of carbonyl (C=O) groups excluding carboxylic acids is 2. The van der Waals surface area contributed by atoms with Crippen LogP contribution in [0.15, 0.2) is 42.5 Å². The Morgan fingerprint density at radius 3 is 2.64 bits per heavy atom. The molecule has 2 aromatic rings. The number of halogens is 2. The number of amides is 1. The number of hydrogen-bond acceptors (Lipinski definition) is 4. The van der Waals surface area contributed by atoms with E-state index in [1.807, 2.05) is 31.2 Å². The molecule has 0 aliphatic rings. The van der Waals surface area contributed by atoms with Gasteiger partial charge in [-0.05, 0) is 30.7 Å². The van der Waals surface area contributed by atoms with Gasteiger partial charge in [0.15, 0.2) is 6.61 Å². The van der Waals surface area contributed by atoms with Gasteiger partial charge in [0.1, 0.15) is 5.82 Å². The van der Waals surface area contributed by atoms with E-state index in [1.165, 1.54) is 29.5 Å². The van der Waals surface area contributed by atoms with Crippen LogP contribution in [0.1, 0.15) is 11.1 Å². The molecule has 0 unspecified atom stereocenters. The van der Waals surface area contributed by atoms with Gasteiger partial charge < -0.3 is 10.1 Å². The maximum absolute atomic E-state index is 13.5. The molecule has 0 aromatic heterocycles. The summed E-state index contributed by atoms with van der Waals surface area (Å²) in [6.07, 6.45) is 0. The standard InChI is InChI=1S/C18H17ClFNO3S/c1-12-2-4-13(5-3-12)10-25-11-18(23)24-9-17(22)21-16-8-14(19)6-7-15(16)20/h2-8H,9-11H2,1H3,(H,21,22). The Bertz CT molecular complexity index is 752. The van der Waals surface area contributed by atoms with E-state index >= 15 is 0 Å². The number of esters is 1. The number of nitrogens with one attached hydrogen (secondary N) is 1. The van der Waals surface area contributed by atoms with E-state index in [0.29, 0.717) is 10.8 Å². The molecule has 0 spiro atoms. The summed E-state index contributed by atoms with van der Waals surface area (Å²) in [5.41, 5.74) is 2.23. The second-order valence-electron chi connectivity index (χ2n) is 5.31. The van der Waals surface area contributed by atoms with E-state index in [9.17, 15) is 14.0 Å². The molecule has 1 amide bonds. The van der Waals surface area contributed by atoms with Crippen molar-refractivity contribution in [2.45, 2.75) is 12.7 Å². The molecule has 0 heterocycles. The maximum atomic E-state index is 13.5. The first-order valence-electron chi connectivity index (χ1n) is 7.48. The van der Waals surface area contributed by atoms with Gasteiger partial charge >= 0.3 is 5.97 Å². The Kier molecular flexibility index (Phi) is 7.28. The monoisotopic (exact) mass is 381 g/mol. The predicted octanol–water partition coefficient (Wildman–Crippen LogP) is 4.20. The molecule has 1 N–H and O–H groups in total. The molecule has 2 aromatic carbocycles. The third-order valence-electron chi connectivity index (χ3n) is 3.18. The van der Waals surface area contributed by atoms with Crippen molar-refractivity contribution in [1.29, 1.82) is 0 Å². The van der Waals surface area contributed by atoms with Crippen molar-refractivity contribution < 1.29 is 18.7 Å². The van der Waals surface area contributed by atoms with Gasteiger partial charge in [-0.15, -0.1) is 11.8 Å². The first kappa shape index (κ1) is 19.3. The van der Waals surface area contributed by atoms with Gasteiger partial charge in [-0.2, -0.15) is 0 Å². The molecule has 0 saturated carbocycles. The molecule has 0 aliphatic carbocycles. The minimum Gasteiger partial charge on any atom is -0.455 e. The molecular formula is C18H17ClFNO3S. The van der Waals surface area contributed by atoms with E-state index in [-0.39, 0.29) is 11.4 Å². The largest absolute Gasteiger partial charge is 0.455 e. The van der Waals surface area contributed by atoms with Crippen LogP contribution in [0.4, 0.5) is 10.1 Å². The van der Waals surface area contributed by atoms with Crippen molar-refractivity contribution >= 4 is 40.9 Å². The van der Waals surface area contributed by atoms with Gasteiger partial charge in [-0.3, -0.25) is 9.59 Å². The molecule has 0 bridgehead atoms. The van der Waals surface area contributed by atoms with Crippen LogP contribution >= 0.6 is 23.4 Å². The molecule has 0 saturated heterocycles. The zero-order valence-corrected chi connectivity index (χ0v) is 15.1. The molecule has 4 nitrogen and oxygen atoms in total. The average Bonchev–Trinajstić information content (AvgIpc) is 2.58. The smallest absolute Gasteiger partial charge is 0.316 e. The summed E-state index contributed by atoms with van der Waals surface area (Å²) in [6.45, 7) is 1.53. The van der Waals surface area contributed by atoms with Crippen LogP contribution in [0.3, 0.4) is 0 Å². The zero-order valence-electron chi connectivity index (χ0n) is 13.6. The Balaban J connectivity index is 1.69. The number of ether oxygens (including phenoxy) is 1. The highest BCUT2D eigenvalue weighted by Crippen LogP contribution is 2.19. The number of carbonyl (C=O) groups is 2. The average molecular weight is 382 g/mol. The Hall–Kier alpha value is -2.05. The summed E-state index contributed by atoms with van der Waals surface area (Å²) in [7, 11) is 0.